The number of carboxylic acid groups (broad SMARTS) is 1. The van der Waals surface area contributed by atoms with Gasteiger partial charge in [-0.2, -0.15) is 8.78 Å². The Morgan fingerprint density at radius 2 is 1.92 bits per heavy atom. The monoisotopic (exact) mass is 435 g/mol. The fourth-order valence-corrected chi connectivity index (χ4v) is 2.90. The Bertz CT molecular complexity index is 696. The molecule has 1 aromatic rings. The van der Waals surface area contributed by atoms with Gasteiger partial charge in [0.05, 0.1) is 5.92 Å². The molecule has 1 fully saturated rings. The highest BCUT2D eigenvalue weighted by atomic mass is 79.9. The topological polar surface area (TPSA) is 93.1 Å². The number of hydrogen-bond donors (Lipinski definition) is 1. The Balaban J connectivity index is 2.01. The predicted octanol–water partition coefficient (Wildman–Crippen LogP) is 2.78. The zero-order chi connectivity index (χ0) is 19.5. The summed E-state index contributed by atoms with van der Waals surface area (Å²) in [5.41, 5.74) is 0.298. The van der Waals surface area contributed by atoms with Crippen LogP contribution in [-0.4, -0.2) is 60.3 Å². The molecule has 0 spiro atoms. The molecule has 1 aromatic carbocycles. The van der Waals surface area contributed by atoms with E-state index >= 15 is 0 Å². The zero-order valence-electron chi connectivity index (χ0n) is 13.7. The number of rotatable bonds is 6. The van der Waals surface area contributed by atoms with Gasteiger partial charge >= 0.3 is 18.2 Å². The van der Waals surface area contributed by atoms with Gasteiger partial charge in [-0.15, -0.1) is 0 Å². The van der Waals surface area contributed by atoms with Crippen LogP contribution in [0.4, 0.5) is 13.6 Å². The molecule has 2 rings (SSSR count). The van der Waals surface area contributed by atoms with E-state index in [2.05, 4.69) is 20.7 Å². The van der Waals surface area contributed by atoms with Crippen molar-refractivity contribution in [2.24, 2.45) is 5.92 Å². The lowest BCUT2D eigenvalue weighted by molar-refractivity contribution is -0.253. The molecule has 1 saturated heterocycles. The number of nitrogens with zero attached hydrogens (tertiary/aromatic N) is 1. The van der Waals surface area contributed by atoms with Crippen LogP contribution in [0.2, 0.25) is 0 Å². The Labute approximate surface area is 156 Å². The largest absolute Gasteiger partial charge is 0.465 e. The molecule has 0 aliphatic carbocycles. The summed E-state index contributed by atoms with van der Waals surface area (Å²) in [5, 5.41) is 9.13. The number of amides is 1. The number of ether oxygens (including phenoxy) is 2. The van der Waals surface area contributed by atoms with Crippen molar-refractivity contribution >= 4 is 33.8 Å². The first-order valence-corrected chi connectivity index (χ1v) is 8.33. The van der Waals surface area contributed by atoms with Crippen LogP contribution in [0.3, 0.4) is 0 Å². The highest BCUT2D eigenvalue weighted by molar-refractivity contribution is 9.10. The quantitative estimate of drug-likeness (QED) is 0.545. The standard InChI is InChI=1S/C16H16BrF2NO6/c1-25-16(18,19)10-6-12(20(7-10)15(23)24)14(22)26-8-13(21)9-2-4-11(17)5-3-9/h2-5,10,12H,6-8H2,1H3,(H,23,24). The third kappa shape index (κ3) is 4.55. The summed E-state index contributed by atoms with van der Waals surface area (Å²) in [4.78, 5) is 35.9. The summed E-state index contributed by atoms with van der Waals surface area (Å²) < 4.78 is 37.0. The van der Waals surface area contributed by atoms with Crippen LogP contribution in [0.15, 0.2) is 28.7 Å². The van der Waals surface area contributed by atoms with Gasteiger partial charge in [0.1, 0.15) is 6.04 Å². The van der Waals surface area contributed by atoms with E-state index < -0.39 is 55.5 Å². The first kappa shape index (κ1) is 20.2. The van der Waals surface area contributed by atoms with E-state index in [1.807, 2.05) is 0 Å². The minimum atomic E-state index is -3.57. The molecular formula is C16H16BrF2NO6. The van der Waals surface area contributed by atoms with Crippen LogP contribution in [0.5, 0.6) is 0 Å². The summed E-state index contributed by atoms with van der Waals surface area (Å²) in [7, 11) is 0.799. The summed E-state index contributed by atoms with van der Waals surface area (Å²) in [6, 6.07) is 4.89. The SMILES string of the molecule is COC(F)(F)C1CC(C(=O)OCC(=O)c2ccc(Br)cc2)N(C(=O)O)C1. The maximum absolute atomic E-state index is 13.6. The van der Waals surface area contributed by atoms with E-state index in [-0.39, 0.29) is 0 Å². The Morgan fingerprint density at radius 3 is 2.46 bits per heavy atom. The maximum Gasteiger partial charge on any atom is 0.408 e. The third-order valence-corrected chi connectivity index (χ3v) is 4.61. The number of halogens is 3. The molecule has 26 heavy (non-hydrogen) atoms. The normalized spacial score (nSPS) is 20.1. The van der Waals surface area contributed by atoms with Gasteiger partial charge in [0, 0.05) is 23.7 Å². The molecule has 1 heterocycles. The number of ketones is 1. The summed E-state index contributed by atoms with van der Waals surface area (Å²) in [6.07, 6.45) is -5.56. The molecule has 142 valence electrons. The fraction of sp³-hybridized carbons (Fsp3) is 0.438. The second kappa shape index (κ2) is 8.09. The van der Waals surface area contributed by atoms with E-state index in [9.17, 15) is 23.2 Å². The molecule has 0 bridgehead atoms. The zero-order valence-corrected chi connectivity index (χ0v) is 15.2. The van der Waals surface area contributed by atoms with Crippen molar-refractivity contribution in [3.63, 3.8) is 0 Å². The number of esters is 1. The molecule has 0 radical (unpaired) electrons. The van der Waals surface area contributed by atoms with Gasteiger partial charge < -0.3 is 14.6 Å². The fourth-order valence-electron chi connectivity index (χ4n) is 2.63. The third-order valence-electron chi connectivity index (χ3n) is 4.08. The van der Waals surface area contributed by atoms with E-state index in [0.717, 1.165) is 11.6 Å². The van der Waals surface area contributed by atoms with Gasteiger partial charge in [0.15, 0.2) is 12.4 Å². The van der Waals surface area contributed by atoms with E-state index in [0.29, 0.717) is 10.5 Å². The summed E-state index contributed by atoms with van der Waals surface area (Å²) in [6.45, 7) is -1.19. The van der Waals surface area contributed by atoms with Crippen molar-refractivity contribution in [1.29, 1.82) is 0 Å². The number of carbonyl (C=O) groups excluding carboxylic acids is 2. The molecule has 1 aliphatic rings. The summed E-state index contributed by atoms with van der Waals surface area (Å²) >= 11 is 3.22. The molecule has 2 unspecified atom stereocenters. The number of Topliss-reactive ketones (excluding diaryl/α,β-unsaturated/α-hetero) is 1. The minimum Gasteiger partial charge on any atom is -0.465 e. The minimum absolute atomic E-state index is 0.298. The van der Waals surface area contributed by atoms with Crippen molar-refractivity contribution in [1.82, 2.24) is 4.90 Å². The van der Waals surface area contributed by atoms with Crippen molar-refractivity contribution in [3.8, 4) is 0 Å². The van der Waals surface area contributed by atoms with Crippen LogP contribution in [0, 0.1) is 5.92 Å². The highest BCUT2D eigenvalue weighted by Crippen LogP contribution is 2.36. The Morgan fingerprint density at radius 1 is 1.31 bits per heavy atom. The molecule has 0 saturated carbocycles. The average molecular weight is 436 g/mol. The van der Waals surface area contributed by atoms with Crippen molar-refractivity contribution in [3.05, 3.63) is 34.3 Å². The van der Waals surface area contributed by atoms with E-state index in [1.54, 1.807) is 12.1 Å². The predicted molar refractivity (Wildman–Crippen MR) is 88.0 cm³/mol. The number of carbonyl (C=O) groups is 3. The number of alkyl halides is 2. The van der Waals surface area contributed by atoms with E-state index in [1.165, 1.54) is 12.1 Å². The van der Waals surface area contributed by atoms with E-state index in [4.69, 9.17) is 9.84 Å². The van der Waals surface area contributed by atoms with Gasteiger partial charge in [-0.05, 0) is 18.6 Å². The molecule has 10 heteroatoms. The number of methoxy groups -OCH3 is 1. The van der Waals surface area contributed by atoms with Gasteiger partial charge in [-0.3, -0.25) is 9.69 Å². The average Bonchev–Trinajstić information content (AvgIpc) is 3.06. The maximum atomic E-state index is 13.6. The molecule has 0 aromatic heterocycles. The molecule has 7 nitrogen and oxygen atoms in total. The van der Waals surface area contributed by atoms with Gasteiger partial charge in [-0.1, -0.05) is 28.1 Å². The highest BCUT2D eigenvalue weighted by Gasteiger charge is 2.51. The van der Waals surface area contributed by atoms with Gasteiger partial charge in [-0.25, -0.2) is 9.59 Å². The van der Waals surface area contributed by atoms with Crippen LogP contribution >= 0.6 is 15.9 Å². The van der Waals surface area contributed by atoms with Gasteiger partial charge in [0.2, 0.25) is 0 Å². The second-order valence-electron chi connectivity index (χ2n) is 5.69. The Hall–Kier alpha value is -2.07. The second-order valence-corrected chi connectivity index (χ2v) is 6.60. The van der Waals surface area contributed by atoms with Crippen LogP contribution in [0.25, 0.3) is 0 Å². The Kier molecular flexibility index (Phi) is 6.30. The molecule has 1 amide bonds. The van der Waals surface area contributed by atoms with Crippen LogP contribution < -0.4 is 0 Å². The molecule has 2 atom stereocenters. The molecule has 1 N–H and O–H groups in total. The molecule has 1 aliphatic heterocycles. The lowest BCUT2D eigenvalue weighted by atomic mass is 10.0. The lowest BCUT2D eigenvalue weighted by Gasteiger charge is -2.20. The van der Waals surface area contributed by atoms with Crippen molar-refractivity contribution in [2.45, 2.75) is 18.6 Å². The number of hydrogen-bond acceptors (Lipinski definition) is 5. The van der Waals surface area contributed by atoms with Crippen LogP contribution in [0.1, 0.15) is 16.8 Å². The smallest absolute Gasteiger partial charge is 0.408 e. The van der Waals surface area contributed by atoms with Crippen molar-refractivity contribution < 1.29 is 37.7 Å². The lowest BCUT2D eigenvalue weighted by Crippen LogP contribution is -2.41. The van der Waals surface area contributed by atoms with Gasteiger partial charge in [0.25, 0.3) is 0 Å². The first-order chi connectivity index (χ1) is 12.2. The number of benzene rings is 1. The van der Waals surface area contributed by atoms with Crippen molar-refractivity contribution in [2.75, 3.05) is 20.3 Å². The molecular weight excluding hydrogens is 420 g/mol. The number of likely N-dealkylation sites (tertiary alicyclic amines) is 1. The van der Waals surface area contributed by atoms with Crippen LogP contribution in [-0.2, 0) is 14.3 Å². The summed E-state index contributed by atoms with van der Waals surface area (Å²) in [5.74, 6) is -3.03. The first-order valence-electron chi connectivity index (χ1n) is 7.53.